The Balaban J connectivity index is 0.00000200. The summed E-state index contributed by atoms with van der Waals surface area (Å²) >= 11 is 0. The highest BCUT2D eigenvalue weighted by atomic mass is 35.5. The SMILES string of the molecule is Cc1cn[nH]c1-c1ccc(OC/C(=C/F)CN)cc1.Cl. The number of aromatic nitrogens is 2. The van der Waals surface area contributed by atoms with Gasteiger partial charge in [0.05, 0.1) is 18.2 Å². The van der Waals surface area contributed by atoms with Crippen molar-refractivity contribution in [1.29, 1.82) is 0 Å². The Kier molecular flexibility index (Phi) is 6.21. The molecule has 0 unspecified atom stereocenters. The molecule has 1 aromatic heterocycles. The highest BCUT2D eigenvalue weighted by molar-refractivity contribution is 5.85. The van der Waals surface area contributed by atoms with Crippen LogP contribution in [-0.4, -0.2) is 23.3 Å². The van der Waals surface area contributed by atoms with Gasteiger partial charge in [0, 0.05) is 17.7 Å². The largest absolute Gasteiger partial charge is 0.489 e. The van der Waals surface area contributed by atoms with Crippen molar-refractivity contribution in [3.05, 3.63) is 47.9 Å². The molecular weight excluding hydrogens is 281 g/mol. The maximum absolute atomic E-state index is 12.3. The van der Waals surface area contributed by atoms with Gasteiger partial charge >= 0.3 is 0 Å². The number of halogens is 2. The summed E-state index contributed by atoms with van der Waals surface area (Å²) in [6.45, 7) is 2.31. The number of nitrogens with zero attached hydrogens (tertiary/aromatic N) is 1. The molecule has 0 aliphatic rings. The zero-order valence-electron chi connectivity index (χ0n) is 11.1. The lowest BCUT2D eigenvalue weighted by Gasteiger charge is -2.08. The second-order valence-corrected chi connectivity index (χ2v) is 4.21. The van der Waals surface area contributed by atoms with Gasteiger partial charge < -0.3 is 10.5 Å². The molecule has 0 amide bonds. The molecule has 2 rings (SSSR count). The second-order valence-electron chi connectivity index (χ2n) is 4.21. The zero-order valence-corrected chi connectivity index (χ0v) is 11.9. The van der Waals surface area contributed by atoms with E-state index in [1.165, 1.54) is 0 Å². The molecule has 0 aliphatic carbocycles. The van der Waals surface area contributed by atoms with Gasteiger partial charge in [-0.05, 0) is 36.8 Å². The number of nitrogens with two attached hydrogens (primary N) is 1. The van der Waals surface area contributed by atoms with Crippen molar-refractivity contribution in [1.82, 2.24) is 10.2 Å². The fourth-order valence-corrected chi connectivity index (χ4v) is 1.67. The molecule has 0 bridgehead atoms. The van der Waals surface area contributed by atoms with Gasteiger partial charge in [0.25, 0.3) is 0 Å². The Labute approximate surface area is 123 Å². The van der Waals surface area contributed by atoms with E-state index in [1.54, 1.807) is 6.20 Å². The maximum atomic E-state index is 12.3. The van der Waals surface area contributed by atoms with E-state index < -0.39 is 0 Å². The minimum atomic E-state index is 0. The van der Waals surface area contributed by atoms with Crippen LogP contribution in [0, 0.1) is 6.92 Å². The number of nitrogens with one attached hydrogen (secondary N) is 1. The first-order chi connectivity index (χ1) is 9.24. The van der Waals surface area contributed by atoms with E-state index in [1.807, 2.05) is 31.2 Å². The molecule has 0 radical (unpaired) electrons. The van der Waals surface area contributed by atoms with Gasteiger partial charge in [0.15, 0.2) is 0 Å². The number of hydrogen-bond acceptors (Lipinski definition) is 3. The molecule has 0 fully saturated rings. The molecule has 2 aromatic rings. The van der Waals surface area contributed by atoms with E-state index >= 15 is 0 Å². The van der Waals surface area contributed by atoms with E-state index in [2.05, 4.69) is 10.2 Å². The van der Waals surface area contributed by atoms with Crippen LogP contribution in [0.4, 0.5) is 4.39 Å². The Hall–Kier alpha value is -1.85. The molecule has 0 spiro atoms. The molecule has 1 aromatic carbocycles. The van der Waals surface area contributed by atoms with E-state index in [0.717, 1.165) is 16.8 Å². The lowest BCUT2D eigenvalue weighted by Crippen LogP contribution is -2.10. The minimum absolute atomic E-state index is 0. The number of benzene rings is 1. The van der Waals surface area contributed by atoms with Crippen LogP contribution in [0.15, 0.2) is 42.4 Å². The van der Waals surface area contributed by atoms with Crippen LogP contribution in [0.2, 0.25) is 0 Å². The molecule has 1 heterocycles. The predicted molar refractivity (Wildman–Crippen MR) is 79.7 cm³/mol. The highest BCUT2D eigenvalue weighted by Crippen LogP contribution is 2.23. The number of H-pyrrole nitrogens is 1. The molecule has 6 heteroatoms. The number of rotatable bonds is 5. The molecule has 108 valence electrons. The van der Waals surface area contributed by atoms with Crippen molar-refractivity contribution >= 4 is 12.4 Å². The Morgan fingerprint density at radius 3 is 2.60 bits per heavy atom. The van der Waals surface area contributed by atoms with Crippen molar-refractivity contribution in [2.24, 2.45) is 5.73 Å². The van der Waals surface area contributed by atoms with Crippen molar-refractivity contribution < 1.29 is 9.13 Å². The van der Waals surface area contributed by atoms with Crippen LogP contribution in [0.1, 0.15) is 5.56 Å². The van der Waals surface area contributed by atoms with E-state index in [4.69, 9.17) is 10.5 Å². The van der Waals surface area contributed by atoms with Crippen LogP contribution in [-0.2, 0) is 0 Å². The monoisotopic (exact) mass is 297 g/mol. The average Bonchev–Trinajstić information content (AvgIpc) is 2.87. The molecule has 0 atom stereocenters. The van der Waals surface area contributed by atoms with Gasteiger partial charge in [-0.3, -0.25) is 5.10 Å². The highest BCUT2D eigenvalue weighted by Gasteiger charge is 2.04. The average molecular weight is 298 g/mol. The van der Waals surface area contributed by atoms with Gasteiger partial charge in [-0.2, -0.15) is 5.10 Å². The Morgan fingerprint density at radius 2 is 2.10 bits per heavy atom. The van der Waals surface area contributed by atoms with E-state index in [0.29, 0.717) is 17.7 Å². The Bertz CT molecular complexity index is 566. The summed E-state index contributed by atoms with van der Waals surface area (Å²) in [4.78, 5) is 0. The lowest BCUT2D eigenvalue weighted by atomic mass is 10.1. The number of hydrogen-bond donors (Lipinski definition) is 2. The molecule has 3 N–H and O–H groups in total. The number of aryl methyl sites for hydroxylation is 1. The van der Waals surface area contributed by atoms with Crippen LogP contribution in [0.25, 0.3) is 11.3 Å². The second kappa shape index (κ2) is 7.67. The molecule has 4 nitrogen and oxygen atoms in total. The standard InChI is InChI=1S/C14H16FN3O.ClH/c1-10-8-17-18-14(10)12-2-4-13(5-3-12)19-9-11(6-15)7-16;/h2-6,8H,7,9,16H2,1H3,(H,17,18);1H/b11-6+;. The smallest absolute Gasteiger partial charge is 0.119 e. The summed E-state index contributed by atoms with van der Waals surface area (Å²) in [7, 11) is 0. The molecule has 0 saturated carbocycles. The number of ether oxygens (including phenoxy) is 1. The summed E-state index contributed by atoms with van der Waals surface area (Å²) in [5, 5.41) is 6.93. The van der Waals surface area contributed by atoms with Gasteiger partial charge in [-0.25, -0.2) is 4.39 Å². The van der Waals surface area contributed by atoms with Crippen molar-refractivity contribution in [2.45, 2.75) is 6.92 Å². The first-order valence-corrected chi connectivity index (χ1v) is 5.96. The van der Waals surface area contributed by atoms with E-state index in [9.17, 15) is 4.39 Å². The van der Waals surface area contributed by atoms with Crippen molar-refractivity contribution in [3.8, 4) is 17.0 Å². The fraction of sp³-hybridized carbons (Fsp3) is 0.214. The summed E-state index contributed by atoms with van der Waals surface area (Å²) in [5.74, 6) is 0.675. The van der Waals surface area contributed by atoms with Crippen LogP contribution in [0.3, 0.4) is 0 Å². The third kappa shape index (κ3) is 3.82. The van der Waals surface area contributed by atoms with Crippen LogP contribution >= 0.6 is 12.4 Å². The van der Waals surface area contributed by atoms with E-state index in [-0.39, 0.29) is 25.6 Å². The van der Waals surface area contributed by atoms with Crippen LogP contribution in [0.5, 0.6) is 5.75 Å². The fourth-order valence-electron chi connectivity index (χ4n) is 1.67. The first-order valence-electron chi connectivity index (χ1n) is 5.96. The van der Waals surface area contributed by atoms with Gasteiger partial charge in [-0.1, -0.05) is 0 Å². The minimum Gasteiger partial charge on any atom is -0.489 e. The Morgan fingerprint density at radius 1 is 1.40 bits per heavy atom. The topological polar surface area (TPSA) is 63.9 Å². The predicted octanol–water partition coefficient (Wildman–Crippen LogP) is 3.00. The maximum Gasteiger partial charge on any atom is 0.119 e. The molecule has 0 aliphatic heterocycles. The lowest BCUT2D eigenvalue weighted by molar-refractivity contribution is 0.347. The normalized spacial score (nSPS) is 11.1. The third-order valence-electron chi connectivity index (χ3n) is 2.81. The first kappa shape index (κ1) is 16.2. The summed E-state index contributed by atoms with van der Waals surface area (Å²) in [5.41, 5.74) is 8.87. The quantitative estimate of drug-likeness (QED) is 0.891. The van der Waals surface area contributed by atoms with Crippen LogP contribution < -0.4 is 10.5 Å². The molecule has 20 heavy (non-hydrogen) atoms. The number of aromatic amines is 1. The third-order valence-corrected chi connectivity index (χ3v) is 2.81. The summed E-state index contributed by atoms with van der Waals surface area (Å²) < 4.78 is 17.8. The summed E-state index contributed by atoms with van der Waals surface area (Å²) in [6, 6.07) is 7.53. The van der Waals surface area contributed by atoms with Gasteiger partial charge in [0.2, 0.25) is 0 Å². The molecular formula is C14H17ClFN3O. The zero-order chi connectivity index (χ0) is 13.7. The molecule has 0 saturated heterocycles. The van der Waals surface area contributed by atoms with Crippen molar-refractivity contribution in [2.75, 3.05) is 13.2 Å². The van der Waals surface area contributed by atoms with Crippen molar-refractivity contribution in [3.63, 3.8) is 0 Å². The van der Waals surface area contributed by atoms with Gasteiger partial charge in [-0.15, -0.1) is 12.4 Å². The van der Waals surface area contributed by atoms with Gasteiger partial charge in [0.1, 0.15) is 12.4 Å². The summed E-state index contributed by atoms with van der Waals surface area (Å²) in [6.07, 6.45) is 2.27.